The SMILES string of the molecule is CN(CN1C(=O)NC2(CCC(C(C)(C)C)CC2)C1=O)[C@@H](c1ccccc1)c1ccccn1. The first-order chi connectivity index (χ1) is 15.2. The van der Waals surface area contributed by atoms with Crippen LogP contribution < -0.4 is 5.32 Å². The highest BCUT2D eigenvalue weighted by molar-refractivity contribution is 6.07. The molecule has 3 amide bonds. The molecule has 2 heterocycles. The Morgan fingerprint density at radius 3 is 2.34 bits per heavy atom. The maximum atomic E-state index is 13.5. The van der Waals surface area contributed by atoms with Crippen molar-refractivity contribution in [3.63, 3.8) is 0 Å². The van der Waals surface area contributed by atoms with Crippen LogP contribution in [0.2, 0.25) is 0 Å². The third-order valence-corrected chi connectivity index (χ3v) is 7.20. The van der Waals surface area contributed by atoms with E-state index in [0.29, 0.717) is 18.8 Å². The molecule has 0 bridgehead atoms. The van der Waals surface area contributed by atoms with Crippen LogP contribution in [-0.4, -0.2) is 46.0 Å². The van der Waals surface area contributed by atoms with Crippen molar-refractivity contribution in [2.75, 3.05) is 13.7 Å². The third kappa shape index (κ3) is 4.29. The predicted molar refractivity (Wildman–Crippen MR) is 125 cm³/mol. The number of urea groups is 1. The molecule has 1 atom stereocenters. The number of hydrogen-bond acceptors (Lipinski definition) is 4. The largest absolute Gasteiger partial charge is 0.326 e. The molecule has 0 radical (unpaired) electrons. The van der Waals surface area contributed by atoms with Crippen molar-refractivity contribution >= 4 is 11.9 Å². The molecule has 1 saturated heterocycles. The molecule has 2 aromatic rings. The summed E-state index contributed by atoms with van der Waals surface area (Å²) < 4.78 is 0. The topological polar surface area (TPSA) is 65.5 Å². The third-order valence-electron chi connectivity index (χ3n) is 7.20. The van der Waals surface area contributed by atoms with E-state index in [2.05, 4.69) is 43.2 Å². The summed E-state index contributed by atoms with van der Waals surface area (Å²) in [6, 6.07) is 15.5. The molecule has 1 N–H and O–H groups in total. The minimum Gasteiger partial charge on any atom is -0.323 e. The molecule has 1 aliphatic carbocycles. The lowest BCUT2D eigenvalue weighted by molar-refractivity contribution is -0.134. The van der Waals surface area contributed by atoms with E-state index < -0.39 is 5.54 Å². The van der Waals surface area contributed by atoms with Gasteiger partial charge in [0.1, 0.15) is 5.54 Å². The van der Waals surface area contributed by atoms with Crippen molar-refractivity contribution in [3.8, 4) is 0 Å². The number of nitrogens with one attached hydrogen (secondary N) is 1. The molecule has 1 aromatic carbocycles. The van der Waals surface area contributed by atoms with Gasteiger partial charge in [-0.1, -0.05) is 57.2 Å². The number of pyridine rings is 1. The molecule has 1 aliphatic heterocycles. The van der Waals surface area contributed by atoms with Gasteiger partial charge < -0.3 is 5.32 Å². The number of rotatable bonds is 5. The summed E-state index contributed by atoms with van der Waals surface area (Å²) in [4.78, 5) is 34.4. The summed E-state index contributed by atoms with van der Waals surface area (Å²) in [6.45, 7) is 6.99. The van der Waals surface area contributed by atoms with E-state index in [0.717, 1.165) is 24.1 Å². The fraction of sp³-hybridized carbons (Fsp3) is 0.500. The smallest absolute Gasteiger partial charge is 0.323 e. The van der Waals surface area contributed by atoms with Crippen LogP contribution in [0.1, 0.15) is 63.8 Å². The van der Waals surface area contributed by atoms with Crippen LogP contribution in [0, 0.1) is 11.3 Å². The summed E-state index contributed by atoms with van der Waals surface area (Å²) in [6.07, 6.45) is 5.11. The van der Waals surface area contributed by atoms with E-state index in [9.17, 15) is 9.59 Å². The number of aromatic nitrogens is 1. The Bertz CT molecular complexity index is 907. The van der Waals surface area contributed by atoms with Crippen molar-refractivity contribution in [2.24, 2.45) is 11.3 Å². The number of imide groups is 1. The first-order valence-electron chi connectivity index (χ1n) is 11.5. The van der Waals surface area contributed by atoms with Crippen LogP contribution in [0.25, 0.3) is 0 Å². The summed E-state index contributed by atoms with van der Waals surface area (Å²) >= 11 is 0. The van der Waals surface area contributed by atoms with Gasteiger partial charge in [-0.2, -0.15) is 0 Å². The quantitative estimate of drug-likeness (QED) is 0.699. The number of nitrogens with zero attached hydrogens (tertiary/aromatic N) is 3. The van der Waals surface area contributed by atoms with Gasteiger partial charge in [0, 0.05) is 6.20 Å². The molecular formula is C26H34N4O2. The van der Waals surface area contributed by atoms with E-state index in [1.807, 2.05) is 48.3 Å². The maximum absolute atomic E-state index is 13.5. The molecule has 170 valence electrons. The van der Waals surface area contributed by atoms with Gasteiger partial charge in [0.2, 0.25) is 0 Å². The molecule has 32 heavy (non-hydrogen) atoms. The molecule has 2 fully saturated rings. The van der Waals surface area contributed by atoms with Gasteiger partial charge in [0.25, 0.3) is 5.91 Å². The minimum atomic E-state index is -0.743. The van der Waals surface area contributed by atoms with E-state index in [1.165, 1.54) is 4.90 Å². The highest BCUT2D eigenvalue weighted by Crippen LogP contribution is 2.43. The van der Waals surface area contributed by atoms with Gasteiger partial charge in [-0.05, 0) is 61.8 Å². The van der Waals surface area contributed by atoms with Crippen LogP contribution in [-0.2, 0) is 4.79 Å². The molecule has 1 saturated carbocycles. The lowest BCUT2D eigenvalue weighted by Gasteiger charge is -2.40. The van der Waals surface area contributed by atoms with Crippen LogP contribution in [0.3, 0.4) is 0 Å². The minimum absolute atomic E-state index is 0.0884. The van der Waals surface area contributed by atoms with Crippen LogP contribution in [0.4, 0.5) is 4.79 Å². The monoisotopic (exact) mass is 434 g/mol. The second kappa shape index (κ2) is 8.66. The predicted octanol–water partition coefficient (Wildman–Crippen LogP) is 4.59. The average molecular weight is 435 g/mol. The van der Waals surface area contributed by atoms with Gasteiger partial charge in [-0.25, -0.2) is 9.69 Å². The van der Waals surface area contributed by atoms with Gasteiger partial charge >= 0.3 is 6.03 Å². The lowest BCUT2D eigenvalue weighted by atomic mass is 9.67. The van der Waals surface area contributed by atoms with Crippen LogP contribution >= 0.6 is 0 Å². The lowest BCUT2D eigenvalue weighted by Crippen LogP contribution is -2.51. The van der Waals surface area contributed by atoms with E-state index in [-0.39, 0.29) is 30.1 Å². The van der Waals surface area contributed by atoms with Gasteiger partial charge in [-0.15, -0.1) is 0 Å². The van der Waals surface area contributed by atoms with E-state index >= 15 is 0 Å². The van der Waals surface area contributed by atoms with E-state index in [4.69, 9.17) is 0 Å². The fourth-order valence-corrected chi connectivity index (χ4v) is 5.25. The first kappa shape index (κ1) is 22.5. The normalized spacial score (nSPS) is 24.8. The van der Waals surface area contributed by atoms with Crippen LogP contribution in [0.15, 0.2) is 54.7 Å². The molecule has 4 rings (SSSR count). The van der Waals surface area contributed by atoms with Crippen molar-refractivity contribution in [1.82, 2.24) is 20.1 Å². The Labute approximate surface area is 191 Å². The zero-order valence-electron chi connectivity index (χ0n) is 19.5. The fourth-order valence-electron chi connectivity index (χ4n) is 5.25. The maximum Gasteiger partial charge on any atom is 0.326 e. The summed E-state index contributed by atoms with van der Waals surface area (Å²) in [5.74, 6) is 0.482. The Kier molecular flexibility index (Phi) is 6.08. The van der Waals surface area contributed by atoms with Crippen molar-refractivity contribution < 1.29 is 9.59 Å². The van der Waals surface area contributed by atoms with Crippen molar-refractivity contribution in [1.29, 1.82) is 0 Å². The summed E-state index contributed by atoms with van der Waals surface area (Å²) in [5, 5.41) is 3.06. The zero-order valence-corrected chi connectivity index (χ0v) is 19.5. The molecular weight excluding hydrogens is 400 g/mol. The first-order valence-corrected chi connectivity index (χ1v) is 11.5. The number of benzene rings is 1. The second-order valence-corrected chi connectivity index (χ2v) is 10.4. The second-order valence-electron chi connectivity index (χ2n) is 10.4. The summed E-state index contributed by atoms with van der Waals surface area (Å²) in [5.41, 5.74) is 1.43. The zero-order chi connectivity index (χ0) is 22.9. The molecule has 1 aromatic heterocycles. The number of carbonyl (C=O) groups is 2. The number of amides is 3. The van der Waals surface area contributed by atoms with Crippen LogP contribution in [0.5, 0.6) is 0 Å². The molecule has 0 unspecified atom stereocenters. The van der Waals surface area contributed by atoms with Gasteiger partial charge in [0.15, 0.2) is 0 Å². The van der Waals surface area contributed by atoms with Gasteiger partial charge in [0.05, 0.1) is 18.4 Å². The molecule has 1 spiro atoms. The molecule has 6 nitrogen and oxygen atoms in total. The Morgan fingerprint density at radius 2 is 1.75 bits per heavy atom. The summed E-state index contributed by atoms with van der Waals surface area (Å²) in [7, 11) is 1.94. The Hall–Kier alpha value is -2.73. The standard InChI is InChI=1S/C26H34N4O2/c1-25(2,3)20-13-15-26(16-14-20)23(31)30(24(32)28-26)18-29(4)22(19-10-6-5-7-11-19)21-12-8-9-17-27-21/h5-12,17,20,22H,13-16,18H2,1-4H3,(H,28,32)/t20?,22-,26?/m0/s1. The highest BCUT2D eigenvalue weighted by atomic mass is 16.2. The van der Waals surface area contributed by atoms with Crippen molar-refractivity contribution in [2.45, 2.75) is 58.0 Å². The van der Waals surface area contributed by atoms with E-state index in [1.54, 1.807) is 6.20 Å². The van der Waals surface area contributed by atoms with Crippen molar-refractivity contribution in [3.05, 3.63) is 66.0 Å². The Balaban J connectivity index is 1.53. The average Bonchev–Trinajstić information content (AvgIpc) is 2.99. The molecule has 6 heteroatoms. The molecule has 2 aliphatic rings. The number of hydrogen-bond donors (Lipinski definition) is 1. The van der Waals surface area contributed by atoms with Gasteiger partial charge in [-0.3, -0.25) is 14.7 Å². The number of carbonyl (C=O) groups excluding carboxylic acids is 2. The highest BCUT2D eigenvalue weighted by Gasteiger charge is 2.53. The Morgan fingerprint density at radius 1 is 1.09 bits per heavy atom.